The van der Waals surface area contributed by atoms with E-state index < -0.39 is 5.91 Å². The lowest BCUT2D eigenvalue weighted by atomic mass is 10.1. The molecule has 1 unspecified atom stereocenters. The molecule has 100 valence electrons. The van der Waals surface area contributed by atoms with Crippen LogP contribution < -0.4 is 11.3 Å². The van der Waals surface area contributed by atoms with Crippen LogP contribution in [0.15, 0.2) is 18.2 Å². The fourth-order valence-corrected chi connectivity index (χ4v) is 1.63. The van der Waals surface area contributed by atoms with Gasteiger partial charge in [-0.25, -0.2) is 10.2 Å². The lowest BCUT2D eigenvalue weighted by Crippen LogP contribution is -2.30. The molecule has 1 aromatic rings. The van der Waals surface area contributed by atoms with Gasteiger partial charge >= 0.3 is 0 Å². The molecule has 0 fully saturated rings. The van der Waals surface area contributed by atoms with E-state index in [0.717, 1.165) is 12.8 Å². The van der Waals surface area contributed by atoms with Crippen LogP contribution in [0.3, 0.4) is 0 Å². The van der Waals surface area contributed by atoms with Gasteiger partial charge in [-0.1, -0.05) is 13.3 Å². The molecule has 0 aliphatic heterocycles. The van der Waals surface area contributed by atoms with Crippen LogP contribution in [0.4, 0.5) is 4.39 Å². The molecule has 0 heterocycles. The molecule has 0 saturated carbocycles. The first-order valence-corrected chi connectivity index (χ1v) is 5.99. The summed E-state index contributed by atoms with van der Waals surface area (Å²) < 4.78 is 19.0. The van der Waals surface area contributed by atoms with Gasteiger partial charge in [0.05, 0.1) is 12.7 Å². The van der Waals surface area contributed by atoms with Crippen LogP contribution >= 0.6 is 0 Å². The third kappa shape index (κ3) is 4.09. The maximum atomic E-state index is 13.5. The molecular weight excluding hydrogens is 235 g/mol. The first-order chi connectivity index (χ1) is 8.58. The quantitative estimate of drug-likeness (QED) is 0.464. The van der Waals surface area contributed by atoms with E-state index in [1.54, 1.807) is 0 Å². The van der Waals surface area contributed by atoms with Gasteiger partial charge in [0, 0.05) is 11.1 Å². The Morgan fingerprint density at radius 3 is 2.89 bits per heavy atom. The first kappa shape index (κ1) is 14.6. The van der Waals surface area contributed by atoms with Crippen LogP contribution in [-0.2, 0) is 11.3 Å². The second-order valence-electron chi connectivity index (χ2n) is 4.19. The highest BCUT2D eigenvalue weighted by Gasteiger charge is 2.10. The highest BCUT2D eigenvalue weighted by atomic mass is 19.1. The van der Waals surface area contributed by atoms with E-state index in [-0.39, 0.29) is 18.5 Å². The SMILES string of the molecule is CCCC(C)OCc1cc(C(=O)NN)ccc1F. The van der Waals surface area contributed by atoms with Gasteiger partial charge in [0.15, 0.2) is 0 Å². The van der Waals surface area contributed by atoms with Crippen LogP contribution in [0.2, 0.25) is 0 Å². The summed E-state index contributed by atoms with van der Waals surface area (Å²) in [6.45, 7) is 4.16. The van der Waals surface area contributed by atoms with Crippen molar-refractivity contribution in [1.29, 1.82) is 0 Å². The van der Waals surface area contributed by atoms with Gasteiger partial charge in [0.2, 0.25) is 0 Å². The number of rotatable bonds is 6. The minimum atomic E-state index is -0.446. The van der Waals surface area contributed by atoms with Gasteiger partial charge in [0.25, 0.3) is 5.91 Å². The smallest absolute Gasteiger partial charge is 0.265 e. The van der Waals surface area contributed by atoms with E-state index in [2.05, 4.69) is 6.92 Å². The Morgan fingerprint density at radius 1 is 1.56 bits per heavy atom. The predicted octanol–water partition coefficient (Wildman–Crippen LogP) is 2.13. The Labute approximate surface area is 106 Å². The molecule has 18 heavy (non-hydrogen) atoms. The van der Waals surface area contributed by atoms with Crippen LogP contribution in [0.25, 0.3) is 0 Å². The number of hydrogen-bond acceptors (Lipinski definition) is 3. The highest BCUT2D eigenvalue weighted by Crippen LogP contribution is 2.14. The van der Waals surface area contributed by atoms with E-state index in [9.17, 15) is 9.18 Å². The van der Waals surface area contributed by atoms with Gasteiger partial charge in [-0.3, -0.25) is 10.2 Å². The molecule has 1 atom stereocenters. The van der Waals surface area contributed by atoms with Crippen molar-refractivity contribution < 1.29 is 13.9 Å². The summed E-state index contributed by atoms with van der Waals surface area (Å²) in [5.74, 6) is 4.20. The molecule has 1 rings (SSSR count). The Morgan fingerprint density at radius 2 is 2.28 bits per heavy atom. The van der Waals surface area contributed by atoms with E-state index >= 15 is 0 Å². The van der Waals surface area contributed by atoms with Crippen LogP contribution in [0.1, 0.15) is 42.6 Å². The lowest BCUT2D eigenvalue weighted by molar-refractivity contribution is 0.0456. The third-order valence-electron chi connectivity index (χ3n) is 2.66. The third-order valence-corrected chi connectivity index (χ3v) is 2.66. The maximum absolute atomic E-state index is 13.5. The van der Waals surface area contributed by atoms with Crippen molar-refractivity contribution in [2.75, 3.05) is 0 Å². The summed E-state index contributed by atoms with van der Waals surface area (Å²) in [7, 11) is 0. The fraction of sp³-hybridized carbons (Fsp3) is 0.462. The average molecular weight is 254 g/mol. The summed E-state index contributed by atoms with van der Waals surface area (Å²) in [4.78, 5) is 11.3. The number of amides is 1. The van der Waals surface area contributed by atoms with E-state index in [0.29, 0.717) is 11.1 Å². The van der Waals surface area contributed by atoms with Crippen molar-refractivity contribution in [3.63, 3.8) is 0 Å². The number of benzene rings is 1. The van der Waals surface area contributed by atoms with Gasteiger partial charge < -0.3 is 4.74 Å². The molecule has 0 aliphatic carbocycles. The number of nitrogens with two attached hydrogens (primary N) is 1. The predicted molar refractivity (Wildman–Crippen MR) is 67.2 cm³/mol. The minimum Gasteiger partial charge on any atom is -0.374 e. The molecule has 1 amide bonds. The number of carbonyl (C=O) groups is 1. The van der Waals surface area contributed by atoms with Crippen molar-refractivity contribution in [2.24, 2.45) is 5.84 Å². The zero-order chi connectivity index (χ0) is 13.5. The van der Waals surface area contributed by atoms with Crippen molar-refractivity contribution in [3.05, 3.63) is 35.1 Å². The molecule has 0 spiro atoms. The summed E-state index contributed by atoms with van der Waals surface area (Å²) in [6.07, 6.45) is 2.01. The van der Waals surface area contributed by atoms with Gasteiger partial charge in [-0.05, 0) is 31.5 Å². The highest BCUT2D eigenvalue weighted by molar-refractivity contribution is 5.93. The average Bonchev–Trinajstić information content (AvgIpc) is 2.37. The molecule has 3 N–H and O–H groups in total. The Kier molecular flexibility index (Phi) is 5.74. The molecular formula is C13H19FN2O2. The van der Waals surface area contributed by atoms with Crippen LogP contribution in [-0.4, -0.2) is 12.0 Å². The number of hydrazine groups is 1. The number of hydrogen-bond donors (Lipinski definition) is 2. The minimum absolute atomic E-state index is 0.0707. The summed E-state index contributed by atoms with van der Waals surface area (Å²) in [5.41, 5.74) is 2.69. The monoisotopic (exact) mass is 254 g/mol. The van der Waals surface area contributed by atoms with Gasteiger partial charge in [-0.2, -0.15) is 0 Å². The Hall–Kier alpha value is -1.46. The summed E-state index contributed by atoms with van der Waals surface area (Å²) in [6, 6.07) is 4.08. The number of halogens is 1. The first-order valence-electron chi connectivity index (χ1n) is 5.99. The molecule has 0 saturated heterocycles. The number of nitrogens with one attached hydrogen (secondary N) is 1. The molecule has 0 radical (unpaired) electrons. The molecule has 0 aliphatic rings. The van der Waals surface area contributed by atoms with Gasteiger partial charge in [-0.15, -0.1) is 0 Å². The van der Waals surface area contributed by atoms with Crippen LogP contribution in [0.5, 0.6) is 0 Å². The maximum Gasteiger partial charge on any atom is 0.265 e. The standard InChI is InChI=1S/C13H19FN2O2/c1-3-4-9(2)18-8-11-7-10(13(17)16-15)5-6-12(11)14/h5-7,9H,3-4,8,15H2,1-2H3,(H,16,17). The normalized spacial score (nSPS) is 12.2. The van der Waals surface area contributed by atoms with Crippen molar-refractivity contribution >= 4 is 5.91 Å². The fourth-order valence-electron chi connectivity index (χ4n) is 1.63. The lowest BCUT2D eigenvalue weighted by Gasteiger charge is -2.13. The van der Waals surface area contributed by atoms with E-state index in [1.807, 2.05) is 12.3 Å². The number of carbonyl (C=O) groups excluding carboxylic acids is 1. The second-order valence-corrected chi connectivity index (χ2v) is 4.19. The second kappa shape index (κ2) is 7.08. The van der Waals surface area contributed by atoms with Crippen molar-refractivity contribution in [2.45, 2.75) is 39.4 Å². The Balaban J connectivity index is 2.72. The largest absolute Gasteiger partial charge is 0.374 e. The summed E-state index contributed by atoms with van der Waals surface area (Å²) in [5, 5.41) is 0. The topological polar surface area (TPSA) is 64.3 Å². The van der Waals surface area contributed by atoms with Crippen LogP contribution in [0, 0.1) is 5.82 Å². The molecule has 0 aromatic heterocycles. The molecule has 0 bridgehead atoms. The van der Waals surface area contributed by atoms with Crippen molar-refractivity contribution in [1.82, 2.24) is 5.43 Å². The molecule has 1 aromatic carbocycles. The Bertz CT molecular complexity index is 410. The number of ether oxygens (including phenoxy) is 1. The zero-order valence-electron chi connectivity index (χ0n) is 10.7. The van der Waals surface area contributed by atoms with Crippen molar-refractivity contribution in [3.8, 4) is 0 Å². The van der Waals surface area contributed by atoms with E-state index in [4.69, 9.17) is 10.6 Å². The number of nitrogen functional groups attached to an aromatic ring is 1. The molecule has 5 heteroatoms. The summed E-state index contributed by atoms with van der Waals surface area (Å²) >= 11 is 0. The van der Waals surface area contributed by atoms with E-state index in [1.165, 1.54) is 18.2 Å². The molecule has 4 nitrogen and oxygen atoms in total. The zero-order valence-corrected chi connectivity index (χ0v) is 10.7. The van der Waals surface area contributed by atoms with Gasteiger partial charge in [0.1, 0.15) is 5.82 Å².